The number of nitrogens with one attached hydrogen (secondary N) is 1. The van der Waals surface area contributed by atoms with E-state index in [1.807, 2.05) is 4.90 Å². The van der Waals surface area contributed by atoms with Crippen LogP contribution in [0.25, 0.3) is 6.08 Å². The Hall–Kier alpha value is -1.91. The molecule has 2 amide bonds. The van der Waals surface area contributed by atoms with E-state index in [1.54, 1.807) is 6.07 Å². The average Bonchev–Trinajstić information content (AvgIpc) is 3.10. The van der Waals surface area contributed by atoms with Crippen molar-refractivity contribution in [1.82, 2.24) is 5.32 Å². The van der Waals surface area contributed by atoms with Crippen LogP contribution in [0.5, 0.6) is 5.75 Å². The SMILES string of the molecule is Cl.NC1CCN(c2c(C=C3SC(=O)NC3=O)cccc2OCC(F)(F)F)C1. The van der Waals surface area contributed by atoms with Crippen molar-refractivity contribution in [3.8, 4) is 5.75 Å². The Kier molecular flexibility index (Phi) is 6.66. The van der Waals surface area contributed by atoms with Gasteiger partial charge in [-0.25, -0.2) is 0 Å². The van der Waals surface area contributed by atoms with Crippen LogP contribution in [0.4, 0.5) is 23.7 Å². The zero-order valence-corrected chi connectivity index (χ0v) is 15.5. The predicted octanol–water partition coefficient (Wildman–Crippen LogP) is 2.91. The summed E-state index contributed by atoms with van der Waals surface area (Å²) in [5.41, 5.74) is 6.85. The summed E-state index contributed by atoms with van der Waals surface area (Å²) < 4.78 is 42.7. The molecule has 0 aromatic heterocycles. The Bertz CT molecular complexity index is 773. The fourth-order valence-electron chi connectivity index (χ4n) is 2.82. The highest BCUT2D eigenvalue weighted by molar-refractivity contribution is 8.18. The van der Waals surface area contributed by atoms with Crippen molar-refractivity contribution in [2.45, 2.75) is 18.6 Å². The molecule has 11 heteroatoms. The Morgan fingerprint density at radius 3 is 2.67 bits per heavy atom. The predicted molar refractivity (Wildman–Crippen MR) is 99.2 cm³/mol. The van der Waals surface area contributed by atoms with Crippen molar-refractivity contribution in [2.75, 3.05) is 24.6 Å². The molecule has 0 radical (unpaired) electrons. The van der Waals surface area contributed by atoms with E-state index in [0.29, 0.717) is 30.8 Å². The van der Waals surface area contributed by atoms with Crippen LogP contribution in [0.15, 0.2) is 23.1 Å². The number of para-hydroxylation sites is 1. The summed E-state index contributed by atoms with van der Waals surface area (Å²) in [4.78, 5) is 25.1. The van der Waals surface area contributed by atoms with Gasteiger partial charge in [0, 0.05) is 24.7 Å². The van der Waals surface area contributed by atoms with Gasteiger partial charge < -0.3 is 15.4 Å². The zero-order chi connectivity index (χ0) is 18.9. The van der Waals surface area contributed by atoms with E-state index in [4.69, 9.17) is 10.5 Å². The number of hydrogen-bond donors (Lipinski definition) is 2. The maximum Gasteiger partial charge on any atom is 0.422 e. The first kappa shape index (κ1) is 21.4. The van der Waals surface area contributed by atoms with Crippen LogP contribution in [0, 0.1) is 0 Å². The summed E-state index contributed by atoms with van der Waals surface area (Å²) in [6, 6.07) is 4.54. The van der Waals surface area contributed by atoms with Crippen LogP contribution < -0.4 is 20.7 Å². The minimum Gasteiger partial charge on any atom is -0.482 e. The fourth-order valence-corrected chi connectivity index (χ4v) is 3.50. The number of anilines is 1. The largest absolute Gasteiger partial charge is 0.482 e. The average molecular weight is 424 g/mol. The molecule has 1 aromatic carbocycles. The van der Waals surface area contributed by atoms with Crippen molar-refractivity contribution in [3.63, 3.8) is 0 Å². The van der Waals surface area contributed by atoms with Gasteiger partial charge in [-0.2, -0.15) is 13.2 Å². The van der Waals surface area contributed by atoms with E-state index in [9.17, 15) is 22.8 Å². The number of carbonyl (C=O) groups excluding carboxylic acids is 2. The van der Waals surface area contributed by atoms with Crippen molar-refractivity contribution >= 4 is 47.1 Å². The quantitative estimate of drug-likeness (QED) is 0.724. The van der Waals surface area contributed by atoms with Gasteiger partial charge in [0.15, 0.2) is 6.61 Å². The van der Waals surface area contributed by atoms with Gasteiger partial charge in [-0.15, -0.1) is 12.4 Å². The van der Waals surface area contributed by atoms with E-state index in [-0.39, 0.29) is 29.1 Å². The van der Waals surface area contributed by atoms with Gasteiger partial charge in [0.2, 0.25) is 0 Å². The Labute approximate surface area is 163 Å². The molecule has 0 spiro atoms. The molecule has 1 aromatic rings. The van der Waals surface area contributed by atoms with Gasteiger partial charge in [0.05, 0.1) is 10.6 Å². The van der Waals surface area contributed by atoms with Crippen LogP contribution in [0.3, 0.4) is 0 Å². The first-order valence-corrected chi connectivity index (χ1v) is 8.62. The lowest BCUT2D eigenvalue weighted by Crippen LogP contribution is -2.28. The number of rotatable bonds is 4. The lowest BCUT2D eigenvalue weighted by atomic mass is 10.1. The number of ether oxygens (including phenoxy) is 1. The van der Waals surface area contributed by atoms with Gasteiger partial charge in [-0.1, -0.05) is 12.1 Å². The Morgan fingerprint density at radius 2 is 2.11 bits per heavy atom. The topological polar surface area (TPSA) is 84.7 Å². The Morgan fingerprint density at radius 1 is 1.37 bits per heavy atom. The van der Waals surface area contributed by atoms with Crippen LogP contribution in [0.2, 0.25) is 0 Å². The second-order valence-corrected chi connectivity index (χ2v) is 6.96. The monoisotopic (exact) mass is 423 g/mol. The maximum absolute atomic E-state index is 12.6. The number of nitrogens with zero attached hydrogens (tertiary/aromatic N) is 1. The van der Waals surface area contributed by atoms with E-state index in [0.717, 1.165) is 11.8 Å². The molecule has 1 unspecified atom stereocenters. The van der Waals surface area contributed by atoms with Crippen LogP contribution in [0.1, 0.15) is 12.0 Å². The first-order valence-electron chi connectivity index (χ1n) is 7.81. The molecule has 3 rings (SSSR count). The lowest BCUT2D eigenvalue weighted by Gasteiger charge is -2.24. The minimum absolute atomic E-state index is 0. The van der Waals surface area contributed by atoms with Gasteiger partial charge >= 0.3 is 6.18 Å². The summed E-state index contributed by atoms with van der Waals surface area (Å²) in [7, 11) is 0. The maximum atomic E-state index is 12.6. The molecule has 2 aliphatic rings. The van der Waals surface area contributed by atoms with E-state index in [2.05, 4.69) is 5.32 Å². The second-order valence-electron chi connectivity index (χ2n) is 5.94. The van der Waals surface area contributed by atoms with Crippen molar-refractivity contribution in [1.29, 1.82) is 0 Å². The number of hydrogen-bond acceptors (Lipinski definition) is 6. The summed E-state index contributed by atoms with van der Waals surface area (Å²) in [6.07, 6.45) is -2.30. The standard InChI is InChI=1S/C16H16F3N3O3S.ClH/c17-16(18,19)8-25-11-3-1-2-9(6-12-14(23)21-15(24)26-12)13(11)22-5-4-10(20)7-22;/h1-3,6,10H,4-5,7-8,20H2,(H,21,23,24);1H. The first-order chi connectivity index (χ1) is 12.2. The number of carbonyl (C=O) groups is 2. The molecule has 27 heavy (non-hydrogen) atoms. The number of thioether (sulfide) groups is 1. The van der Waals surface area contributed by atoms with Crippen molar-refractivity contribution in [3.05, 3.63) is 28.7 Å². The summed E-state index contributed by atoms with van der Waals surface area (Å²) in [5.74, 6) is -0.480. The summed E-state index contributed by atoms with van der Waals surface area (Å²) in [6.45, 7) is -0.406. The number of alkyl halides is 3. The van der Waals surface area contributed by atoms with Crippen molar-refractivity contribution < 1.29 is 27.5 Å². The molecule has 2 fully saturated rings. The van der Waals surface area contributed by atoms with Crippen LogP contribution in [-0.2, 0) is 4.79 Å². The highest BCUT2D eigenvalue weighted by Gasteiger charge is 2.31. The third kappa shape index (κ3) is 5.30. The number of benzene rings is 1. The second kappa shape index (κ2) is 8.41. The number of halogens is 4. The zero-order valence-electron chi connectivity index (χ0n) is 13.9. The third-order valence-corrected chi connectivity index (χ3v) is 4.70. The number of imide groups is 1. The normalized spacial score (nSPS) is 21.4. The molecule has 2 aliphatic heterocycles. The highest BCUT2D eigenvalue weighted by atomic mass is 35.5. The third-order valence-electron chi connectivity index (χ3n) is 3.89. The van der Waals surface area contributed by atoms with Crippen LogP contribution in [-0.4, -0.2) is 43.1 Å². The molecule has 0 bridgehead atoms. The number of amides is 2. The lowest BCUT2D eigenvalue weighted by molar-refractivity contribution is -0.153. The molecule has 148 valence electrons. The molecule has 0 saturated carbocycles. The smallest absolute Gasteiger partial charge is 0.422 e. The molecular formula is C16H17ClF3N3O3S. The molecule has 1 atom stereocenters. The van der Waals surface area contributed by atoms with E-state index >= 15 is 0 Å². The van der Waals surface area contributed by atoms with Gasteiger partial charge in [-0.05, 0) is 30.3 Å². The molecule has 6 nitrogen and oxygen atoms in total. The fraction of sp³-hybridized carbons (Fsp3) is 0.375. The molecular weight excluding hydrogens is 407 g/mol. The number of nitrogens with two attached hydrogens (primary N) is 1. The molecule has 2 saturated heterocycles. The molecule has 0 aliphatic carbocycles. The van der Waals surface area contributed by atoms with Crippen LogP contribution >= 0.6 is 24.2 Å². The minimum atomic E-state index is -4.47. The van der Waals surface area contributed by atoms with E-state index < -0.39 is 23.9 Å². The van der Waals surface area contributed by atoms with Crippen molar-refractivity contribution in [2.24, 2.45) is 5.73 Å². The molecule has 3 N–H and O–H groups in total. The van der Waals surface area contributed by atoms with Gasteiger partial charge in [0.25, 0.3) is 11.1 Å². The van der Waals surface area contributed by atoms with Gasteiger partial charge in [0.1, 0.15) is 5.75 Å². The molecule has 2 heterocycles. The summed E-state index contributed by atoms with van der Waals surface area (Å²) >= 11 is 0.741. The van der Waals surface area contributed by atoms with E-state index in [1.165, 1.54) is 18.2 Å². The Balaban J connectivity index is 0.00000261. The summed E-state index contributed by atoms with van der Waals surface area (Å²) in [5, 5.41) is 1.66. The highest BCUT2D eigenvalue weighted by Crippen LogP contribution is 2.38. The van der Waals surface area contributed by atoms with Gasteiger partial charge in [-0.3, -0.25) is 14.9 Å².